The first-order chi connectivity index (χ1) is 16.3. The normalized spacial score (nSPS) is 14.7. The molecule has 1 aliphatic rings. The number of rotatable bonds is 7. The van der Waals surface area contributed by atoms with E-state index in [9.17, 15) is 14.4 Å². The zero-order valence-corrected chi connectivity index (χ0v) is 20.8. The molecule has 0 aliphatic carbocycles. The summed E-state index contributed by atoms with van der Waals surface area (Å²) in [5.74, 6) is -0.0691. The van der Waals surface area contributed by atoms with Gasteiger partial charge < -0.3 is 13.9 Å². The maximum Gasteiger partial charge on any atom is 0.373 e. The zero-order chi connectivity index (χ0) is 24.2. The fourth-order valence-corrected chi connectivity index (χ4v) is 4.54. The van der Waals surface area contributed by atoms with Crippen molar-refractivity contribution in [3.05, 3.63) is 92.2 Å². The number of ether oxygens (including phenoxy) is 2. The number of hydrogen-bond acceptors (Lipinski definition) is 7. The molecule has 34 heavy (non-hydrogen) atoms. The van der Waals surface area contributed by atoms with Crippen LogP contribution >= 0.6 is 27.7 Å². The second-order valence-electron chi connectivity index (χ2n) is 7.49. The second kappa shape index (κ2) is 10.3. The van der Waals surface area contributed by atoms with Crippen LogP contribution < -0.4 is 4.74 Å². The minimum absolute atomic E-state index is 0.00884. The number of methoxy groups -OCH3 is 1. The van der Waals surface area contributed by atoms with Gasteiger partial charge in [0.15, 0.2) is 0 Å². The molecular weight excluding hydrogens is 522 g/mol. The van der Waals surface area contributed by atoms with Gasteiger partial charge in [-0.2, -0.15) is 0 Å². The number of furan rings is 1. The van der Waals surface area contributed by atoms with Gasteiger partial charge in [-0.1, -0.05) is 35.9 Å². The van der Waals surface area contributed by atoms with E-state index >= 15 is 0 Å². The lowest BCUT2D eigenvalue weighted by Crippen LogP contribution is -2.27. The Morgan fingerprint density at radius 1 is 1.12 bits per heavy atom. The first-order valence-corrected chi connectivity index (χ1v) is 11.9. The maximum atomic E-state index is 12.8. The highest BCUT2D eigenvalue weighted by atomic mass is 79.9. The molecule has 2 aromatic carbocycles. The van der Waals surface area contributed by atoms with Crippen LogP contribution in [0, 0.1) is 6.92 Å². The standard InChI is InChI=1S/C25H20BrNO6S/c1-15-3-5-16(6-4-15)14-32-20-9-7-17(11-19(20)26)12-22-23(28)27(25(30)34-22)13-18-8-10-21(33-18)24(29)31-2/h3-12H,13-14H2,1-2H3/b22-12+. The monoisotopic (exact) mass is 541 g/mol. The van der Waals surface area contributed by atoms with Gasteiger partial charge in [0.1, 0.15) is 18.1 Å². The highest BCUT2D eigenvalue weighted by molar-refractivity contribution is 9.10. The average molecular weight is 542 g/mol. The van der Waals surface area contributed by atoms with E-state index in [1.165, 1.54) is 24.8 Å². The molecule has 0 bridgehead atoms. The maximum absolute atomic E-state index is 12.8. The lowest BCUT2D eigenvalue weighted by atomic mass is 10.1. The zero-order valence-electron chi connectivity index (χ0n) is 18.4. The highest BCUT2D eigenvalue weighted by Gasteiger charge is 2.35. The fraction of sp³-hybridized carbons (Fsp3) is 0.160. The van der Waals surface area contributed by atoms with Gasteiger partial charge in [-0.25, -0.2) is 4.79 Å². The summed E-state index contributed by atoms with van der Waals surface area (Å²) in [6.45, 7) is 2.39. The van der Waals surface area contributed by atoms with E-state index in [0.29, 0.717) is 23.0 Å². The Morgan fingerprint density at radius 3 is 2.59 bits per heavy atom. The van der Waals surface area contributed by atoms with E-state index in [2.05, 4.69) is 20.7 Å². The van der Waals surface area contributed by atoms with Crippen LogP contribution in [0.15, 0.2) is 68.4 Å². The number of imide groups is 1. The van der Waals surface area contributed by atoms with E-state index in [1.54, 1.807) is 6.08 Å². The van der Waals surface area contributed by atoms with Crippen LogP contribution in [0.5, 0.6) is 5.75 Å². The fourth-order valence-electron chi connectivity index (χ4n) is 3.19. The predicted molar refractivity (Wildman–Crippen MR) is 131 cm³/mol. The number of amides is 2. The topological polar surface area (TPSA) is 86.0 Å². The first kappa shape index (κ1) is 23.8. The summed E-state index contributed by atoms with van der Waals surface area (Å²) in [5, 5.41) is -0.413. The molecule has 1 aliphatic heterocycles. The Morgan fingerprint density at radius 2 is 1.88 bits per heavy atom. The van der Waals surface area contributed by atoms with Crippen molar-refractivity contribution < 1.29 is 28.3 Å². The smallest absolute Gasteiger partial charge is 0.373 e. The van der Waals surface area contributed by atoms with Crippen molar-refractivity contribution in [3.63, 3.8) is 0 Å². The molecule has 1 aromatic heterocycles. The van der Waals surface area contributed by atoms with E-state index in [1.807, 2.05) is 49.4 Å². The number of carbonyl (C=O) groups is 3. The summed E-state index contributed by atoms with van der Waals surface area (Å²) in [5.41, 5.74) is 2.99. The lowest BCUT2D eigenvalue weighted by Gasteiger charge is -2.10. The Hall–Kier alpha value is -3.30. The molecule has 0 radical (unpaired) electrons. The third-order valence-electron chi connectivity index (χ3n) is 5.00. The van der Waals surface area contributed by atoms with Crippen molar-refractivity contribution in [3.8, 4) is 5.75 Å². The molecular formula is C25H20BrNO6S. The number of carbonyl (C=O) groups excluding carboxylic acids is 3. The van der Waals surface area contributed by atoms with E-state index in [4.69, 9.17) is 9.15 Å². The third kappa shape index (κ3) is 5.43. The Balaban J connectivity index is 1.43. The van der Waals surface area contributed by atoms with Crippen molar-refractivity contribution in [2.75, 3.05) is 7.11 Å². The van der Waals surface area contributed by atoms with Gasteiger partial charge in [0.05, 0.1) is 23.0 Å². The minimum Gasteiger partial charge on any atom is -0.488 e. The summed E-state index contributed by atoms with van der Waals surface area (Å²) >= 11 is 4.36. The van der Waals surface area contributed by atoms with E-state index in [-0.39, 0.29) is 12.3 Å². The Labute approximate surface area is 208 Å². The number of halogens is 1. The molecule has 4 rings (SSSR count). The molecule has 1 saturated heterocycles. The summed E-state index contributed by atoms with van der Waals surface area (Å²) in [6.07, 6.45) is 1.65. The van der Waals surface area contributed by atoms with E-state index < -0.39 is 17.1 Å². The van der Waals surface area contributed by atoms with Crippen LogP contribution in [0.2, 0.25) is 0 Å². The number of aryl methyl sites for hydroxylation is 1. The largest absolute Gasteiger partial charge is 0.488 e. The van der Waals surface area contributed by atoms with Crippen LogP contribution in [-0.4, -0.2) is 29.1 Å². The molecule has 3 aromatic rings. The third-order valence-corrected chi connectivity index (χ3v) is 6.53. The molecule has 7 nitrogen and oxygen atoms in total. The van der Waals surface area contributed by atoms with Crippen molar-refractivity contribution in [1.82, 2.24) is 4.90 Å². The number of hydrogen-bond donors (Lipinski definition) is 0. The van der Waals surface area contributed by atoms with Gasteiger partial charge in [0.25, 0.3) is 11.1 Å². The molecule has 0 unspecified atom stereocenters. The predicted octanol–water partition coefficient (Wildman–Crippen LogP) is 5.95. The molecule has 2 amide bonds. The van der Waals surface area contributed by atoms with Crippen LogP contribution in [-0.2, 0) is 22.7 Å². The van der Waals surface area contributed by atoms with Crippen molar-refractivity contribution >= 4 is 50.9 Å². The summed E-state index contributed by atoms with van der Waals surface area (Å²) in [4.78, 5) is 38.1. The summed E-state index contributed by atoms with van der Waals surface area (Å²) < 4.78 is 16.6. The van der Waals surface area contributed by atoms with Crippen molar-refractivity contribution in [2.45, 2.75) is 20.1 Å². The minimum atomic E-state index is -0.628. The average Bonchev–Trinajstić information content (AvgIpc) is 3.39. The van der Waals surface area contributed by atoms with Gasteiger partial charge in [-0.05, 0) is 76.1 Å². The molecule has 0 saturated carbocycles. The van der Waals surface area contributed by atoms with Crippen LogP contribution in [0.25, 0.3) is 6.08 Å². The first-order valence-electron chi connectivity index (χ1n) is 10.2. The number of benzene rings is 2. The summed E-state index contributed by atoms with van der Waals surface area (Å²) in [6, 6.07) is 16.5. The van der Waals surface area contributed by atoms with Gasteiger partial charge in [0.2, 0.25) is 5.76 Å². The summed E-state index contributed by atoms with van der Waals surface area (Å²) in [7, 11) is 1.24. The van der Waals surface area contributed by atoms with Gasteiger partial charge >= 0.3 is 5.97 Å². The molecule has 0 spiro atoms. The van der Waals surface area contributed by atoms with Crippen LogP contribution in [0.4, 0.5) is 4.79 Å². The molecule has 1 fully saturated rings. The Bertz CT molecular complexity index is 1280. The van der Waals surface area contributed by atoms with Gasteiger partial charge in [-0.3, -0.25) is 14.5 Å². The van der Waals surface area contributed by atoms with Gasteiger partial charge in [0, 0.05) is 0 Å². The molecule has 174 valence electrons. The second-order valence-corrected chi connectivity index (χ2v) is 9.34. The number of nitrogens with zero attached hydrogens (tertiary/aromatic N) is 1. The number of esters is 1. The Kier molecular flexibility index (Phi) is 7.23. The van der Waals surface area contributed by atoms with Gasteiger partial charge in [-0.15, -0.1) is 0 Å². The molecule has 0 atom stereocenters. The van der Waals surface area contributed by atoms with Crippen molar-refractivity contribution in [1.29, 1.82) is 0 Å². The van der Waals surface area contributed by atoms with E-state index in [0.717, 1.165) is 32.3 Å². The number of thioether (sulfide) groups is 1. The molecule has 0 N–H and O–H groups in total. The SMILES string of the molecule is COC(=O)c1ccc(CN2C(=O)S/C(=C/c3ccc(OCc4ccc(C)cc4)c(Br)c3)C2=O)o1. The molecule has 9 heteroatoms. The van der Waals surface area contributed by atoms with Crippen LogP contribution in [0.1, 0.15) is 33.0 Å². The lowest BCUT2D eigenvalue weighted by molar-refractivity contribution is -0.123. The molecule has 2 heterocycles. The van der Waals surface area contributed by atoms with Crippen molar-refractivity contribution in [2.24, 2.45) is 0 Å². The van der Waals surface area contributed by atoms with Crippen LogP contribution in [0.3, 0.4) is 0 Å². The quantitative estimate of drug-likeness (QED) is 0.269. The highest BCUT2D eigenvalue weighted by Crippen LogP contribution is 2.35.